The van der Waals surface area contributed by atoms with Crippen LogP contribution in [0.25, 0.3) is 0 Å². The van der Waals surface area contributed by atoms with Crippen LogP contribution in [0.2, 0.25) is 0 Å². The summed E-state index contributed by atoms with van der Waals surface area (Å²) in [6.07, 6.45) is -2.68. The zero-order valence-corrected chi connectivity index (χ0v) is 8.96. The van der Waals surface area contributed by atoms with Crippen molar-refractivity contribution in [3.8, 4) is 0 Å². The van der Waals surface area contributed by atoms with Gasteiger partial charge in [-0.3, -0.25) is 14.4 Å². The monoisotopic (exact) mass is 295 g/mol. The molecule has 0 aliphatic heterocycles. The average molecular weight is 296 g/mol. The Bertz CT molecular complexity index is 300. The predicted octanol–water partition coefficient (Wildman–Crippen LogP) is -1.03. The standard InChI is InChI=1S/C6H7NO9.Ni/c8-3(9)1-6(5(12)13,2-4(10)11)16-7(14)15;/h1-2H2,(H,8,9)(H,10,11)(H,12,13);. The molecule has 0 fully saturated rings. The Balaban J connectivity index is 0. The molecule has 0 aromatic carbocycles. The third kappa shape index (κ3) is 5.66. The number of carbonyl (C=O) groups is 3. The van der Waals surface area contributed by atoms with Crippen molar-refractivity contribution in [1.29, 1.82) is 0 Å². The fraction of sp³-hybridized carbons (Fsp3) is 0.500. The van der Waals surface area contributed by atoms with Gasteiger partial charge in [-0.2, -0.15) is 0 Å². The van der Waals surface area contributed by atoms with E-state index in [0.29, 0.717) is 0 Å². The Hall–Kier alpha value is -1.90. The van der Waals surface area contributed by atoms with Crippen LogP contribution >= 0.6 is 0 Å². The Kier molecular flexibility index (Phi) is 6.83. The van der Waals surface area contributed by atoms with E-state index in [0.717, 1.165) is 0 Å². The summed E-state index contributed by atoms with van der Waals surface area (Å²) >= 11 is 0. The molecule has 11 heteroatoms. The van der Waals surface area contributed by atoms with Gasteiger partial charge < -0.3 is 15.3 Å². The maximum absolute atomic E-state index is 10.7. The summed E-state index contributed by atoms with van der Waals surface area (Å²) in [7, 11) is 0. The molecule has 0 radical (unpaired) electrons. The van der Waals surface area contributed by atoms with Crippen LogP contribution in [-0.2, 0) is 35.7 Å². The SMILES string of the molecule is O=C(O)CC(CC(=O)O)(O[N+](=O)[O-])C(=O)O.[Ni]. The molecule has 0 aromatic heterocycles. The summed E-state index contributed by atoms with van der Waals surface area (Å²) in [4.78, 5) is 45.0. The normalized spacial score (nSPS) is 9.88. The smallest absolute Gasteiger partial charge is 0.337 e. The third-order valence-electron chi connectivity index (χ3n) is 1.51. The summed E-state index contributed by atoms with van der Waals surface area (Å²) in [5.74, 6) is -5.50. The molecule has 0 heterocycles. The molecule has 0 spiro atoms. The fourth-order valence-corrected chi connectivity index (χ4v) is 0.949. The molecule has 0 bridgehead atoms. The van der Waals surface area contributed by atoms with Crippen LogP contribution in [0, 0.1) is 10.1 Å². The van der Waals surface area contributed by atoms with Crippen LogP contribution in [0.5, 0.6) is 0 Å². The molecule has 0 amide bonds. The minimum Gasteiger partial charge on any atom is -0.481 e. The number of rotatable bonds is 7. The van der Waals surface area contributed by atoms with Crippen molar-refractivity contribution < 1.29 is 56.1 Å². The van der Waals surface area contributed by atoms with Crippen LogP contribution in [-0.4, -0.2) is 43.9 Å². The Labute approximate surface area is 103 Å². The minimum atomic E-state index is -2.92. The van der Waals surface area contributed by atoms with Crippen LogP contribution in [0.1, 0.15) is 12.8 Å². The van der Waals surface area contributed by atoms with Gasteiger partial charge in [0.1, 0.15) is 0 Å². The first kappa shape index (κ1) is 17.5. The van der Waals surface area contributed by atoms with Crippen molar-refractivity contribution in [2.24, 2.45) is 0 Å². The summed E-state index contributed by atoms with van der Waals surface area (Å²) in [6, 6.07) is 0. The van der Waals surface area contributed by atoms with Crippen molar-refractivity contribution in [3.63, 3.8) is 0 Å². The van der Waals surface area contributed by atoms with Gasteiger partial charge in [-0.15, -0.1) is 10.1 Å². The van der Waals surface area contributed by atoms with E-state index in [2.05, 4.69) is 4.84 Å². The summed E-state index contributed by atoms with van der Waals surface area (Å²) in [5, 5.41) is 33.8. The topological polar surface area (TPSA) is 164 Å². The van der Waals surface area contributed by atoms with E-state index in [1.807, 2.05) is 0 Å². The maximum atomic E-state index is 10.7. The summed E-state index contributed by atoms with van der Waals surface area (Å²) in [5.41, 5.74) is -2.92. The van der Waals surface area contributed by atoms with E-state index in [9.17, 15) is 24.5 Å². The van der Waals surface area contributed by atoms with Gasteiger partial charge in [-0.1, -0.05) is 0 Å². The van der Waals surface area contributed by atoms with E-state index in [1.54, 1.807) is 0 Å². The Morgan fingerprint density at radius 3 is 1.65 bits per heavy atom. The third-order valence-corrected chi connectivity index (χ3v) is 1.51. The quantitative estimate of drug-likeness (QED) is 0.302. The number of hydrogen-bond donors (Lipinski definition) is 3. The van der Waals surface area contributed by atoms with Crippen molar-refractivity contribution in [1.82, 2.24) is 0 Å². The second-order valence-corrected chi connectivity index (χ2v) is 2.76. The van der Waals surface area contributed by atoms with Gasteiger partial charge in [0.05, 0.1) is 12.8 Å². The first-order chi connectivity index (χ1) is 7.19. The van der Waals surface area contributed by atoms with Gasteiger partial charge in [-0.25, -0.2) is 4.79 Å². The molecule has 0 aliphatic carbocycles. The molecule has 3 N–H and O–H groups in total. The zero-order valence-electron chi connectivity index (χ0n) is 7.97. The number of hydrogen-bond acceptors (Lipinski definition) is 6. The van der Waals surface area contributed by atoms with Gasteiger partial charge in [0, 0.05) is 16.5 Å². The van der Waals surface area contributed by atoms with Crippen LogP contribution in [0.4, 0.5) is 0 Å². The second kappa shape index (κ2) is 6.64. The summed E-state index contributed by atoms with van der Waals surface area (Å²) in [6.45, 7) is 0. The first-order valence-electron chi connectivity index (χ1n) is 3.70. The molecule has 0 aliphatic rings. The Morgan fingerprint density at radius 1 is 1.12 bits per heavy atom. The largest absolute Gasteiger partial charge is 0.481 e. The number of nitrogens with zero attached hydrogens (tertiary/aromatic N) is 1. The maximum Gasteiger partial charge on any atom is 0.337 e. The molecule has 0 aromatic rings. The van der Waals surface area contributed by atoms with Crippen molar-refractivity contribution in [3.05, 3.63) is 10.1 Å². The van der Waals surface area contributed by atoms with Crippen molar-refractivity contribution in [2.75, 3.05) is 0 Å². The van der Waals surface area contributed by atoms with E-state index >= 15 is 0 Å². The van der Waals surface area contributed by atoms with Gasteiger partial charge in [0.2, 0.25) is 5.60 Å². The van der Waals surface area contributed by atoms with Gasteiger partial charge in [-0.05, 0) is 0 Å². The van der Waals surface area contributed by atoms with E-state index in [-0.39, 0.29) is 16.5 Å². The average Bonchev–Trinajstić information content (AvgIpc) is 1.98. The van der Waals surface area contributed by atoms with Crippen LogP contribution < -0.4 is 0 Å². The van der Waals surface area contributed by atoms with Crippen LogP contribution in [0.15, 0.2) is 0 Å². The van der Waals surface area contributed by atoms with Gasteiger partial charge in [0.25, 0.3) is 5.09 Å². The van der Waals surface area contributed by atoms with Gasteiger partial charge in [0.15, 0.2) is 0 Å². The summed E-state index contributed by atoms with van der Waals surface area (Å²) < 4.78 is 0. The molecule has 0 saturated carbocycles. The van der Waals surface area contributed by atoms with Gasteiger partial charge >= 0.3 is 17.9 Å². The predicted molar refractivity (Wildman–Crippen MR) is 43.0 cm³/mol. The molecular formula is C6H7NNiO9. The first-order valence-corrected chi connectivity index (χ1v) is 3.70. The molecular weight excluding hydrogens is 289 g/mol. The minimum absolute atomic E-state index is 0. The molecule has 17 heavy (non-hydrogen) atoms. The van der Waals surface area contributed by atoms with E-state index in [1.165, 1.54) is 0 Å². The van der Waals surface area contributed by atoms with Crippen LogP contribution in [0.3, 0.4) is 0 Å². The number of carboxylic acid groups (broad SMARTS) is 3. The van der Waals surface area contributed by atoms with Crippen molar-refractivity contribution in [2.45, 2.75) is 18.4 Å². The van der Waals surface area contributed by atoms with Crippen molar-refractivity contribution >= 4 is 17.9 Å². The Morgan fingerprint density at radius 2 is 1.47 bits per heavy atom. The van der Waals surface area contributed by atoms with E-state index < -0.39 is 41.4 Å². The number of aliphatic carboxylic acids is 3. The molecule has 0 unspecified atom stereocenters. The zero-order chi connectivity index (χ0) is 12.9. The number of carboxylic acids is 3. The fourth-order valence-electron chi connectivity index (χ4n) is 0.949. The second-order valence-electron chi connectivity index (χ2n) is 2.76. The molecule has 100 valence electrons. The molecule has 0 rings (SSSR count). The molecule has 0 saturated heterocycles. The molecule has 0 atom stereocenters. The molecule has 10 nitrogen and oxygen atoms in total. The van der Waals surface area contributed by atoms with E-state index in [4.69, 9.17) is 15.3 Å².